The molecule has 1 aliphatic rings. The van der Waals surface area contributed by atoms with Gasteiger partial charge in [0.15, 0.2) is 0 Å². The molecule has 2 rings (SSSR count). The fraction of sp³-hybridized carbons (Fsp3) is 0.143. The molecule has 0 saturated heterocycles. The van der Waals surface area contributed by atoms with Gasteiger partial charge in [0.25, 0.3) is 0 Å². The van der Waals surface area contributed by atoms with Crippen LogP contribution in [0.25, 0.3) is 0 Å². The molecule has 0 heterocycles. The van der Waals surface area contributed by atoms with Crippen LogP contribution in [0.1, 0.15) is 11.1 Å². The van der Waals surface area contributed by atoms with Crippen LogP contribution in [-0.4, -0.2) is 0 Å². The smallest absolute Gasteiger partial charge is 0.129 e. The lowest BCUT2D eigenvalue weighted by Gasteiger charge is -1.83. The fourth-order valence-electron chi connectivity index (χ4n) is 0.939. The van der Waals surface area contributed by atoms with Crippen LogP contribution in [0.3, 0.4) is 0 Å². The van der Waals surface area contributed by atoms with Crippen LogP contribution in [0.15, 0.2) is 12.1 Å². The Bertz CT molecular complexity index is 265. The van der Waals surface area contributed by atoms with Gasteiger partial charge in [-0.15, -0.1) is 0 Å². The van der Waals surface area contributed by atoms with Crippen molar-refractivity contribution in [3.8, 4) is 0 Å². The molecule has 2 heteroatoms. The molecule has 1 aliphatic carbocycles. The molecule has 0 aromatic heterocycles. The minimum atomic E-state index is -0.469. The molecular weight excluding hydrogens is 122 g/mol. The van der Waals surface area contributed by atoms with Crippen molar-refractivity contribution >= 4 is 0 Å². The van der Waals surface area contributed by atoms with Crippen molar-refractivity contribution in [2.75, 3.05) is 0 Å². The molecule has 46 valence electrons. The van der Waals surface area contributed by atoms with Crippen LogP contribution in [0, 0.1) is 11.6 Å². The maximum Gasteiger partial charge on any atom is 0.129 e. The molecule has 1 aromatic carbocycles. The molecule has 0 amide bonds. The Hall–Kier alpha value is -0.920. The van der Waals surface area contributed by atoms with Crippen LogP contribution in [0.5, 0.6) is 0 Å². The zero-order valence-electron chi connectivity index (χ0n) is 4.62. The van der Waals surface area contributed by atoms with Gasteiger partial charge in [0, 0.05) is 12.5 Å². The lowest BCUT2D eigenvalue weighted by molar-refractivity contribution is 0.584. The van der Waals surface area contributed by atoms with Gasteiger partial charge in [-0.25, -0.2) is 8.78 Å². The summed E-state index contributed by atoms with van der Waals surface area (Å²) >= 11 is 0. The fourth-order valence-corrected chi connectivity index (χ4v) is 0.939. The van der Waals surface area contributed by atoms with Crippen molar-refractivity contribution in [2.24, 2.45) is 0 Å². The van der Waals surface area contributed by atoms with E-state index in [0.717, 1.165) is 11.6 Å². The zero-order valence-corrected chi connectivity index (χ0v) is 4.62. The number of halogens is 2. The van der Waals surface area contributed by atoms with E-state index in [4.69, 9.17) is 0 Å². The van der Waals surface area contributed by atoms with Crippen molar-refractivity contribution in [3.63, 3.8) is 0 Å². The standard InChI is InChI=1S/C7H4F2/c8-5-1-4-2-6(4)7(9)3-5/h1,3H,2H2. The second-order valence-electron chi connectivity index (χ2n) is 2.20. The number of hydrogen-bond donors (Lipinski definition) is 0. The van der Waals surface area contributed by atoms with Gasteiger partial charge >= 0.3 is 0 Å². The van der Waals surface area contributed by atoms with Gasteiger partial charge in [0.1, 0.15) is 11.6 Å². The summed E-state index contributed by atoms with van der Waals surface area (Å²) in [6.07, 6.45) is 0.635. The van der Waals surface area contributed by atoms with Crippen molar-refractivity contribution < 1.29 is 8.78 Å². The normalized spacial score (nSPS) is 13.1. The molecule has 0 nitrogen and oxygen atoms in total. The van der Waals surface area contributed by atoms with E-state index < -0.39 is 11.6 Å². The summed E-state index contributed by atoms with van der Waals surface area (Å²) in [7, 11) is 0. The highest BCUT2D eigenvalue weighted by Crippen LogP contribution is 2.30. The highest BCUT2D eigenvalue weighted by atomic mass is 19.1. The summed E-state index contributed by atoms with van der Waals surface area (Å²) in [6, 6.07) is 2.30. The van der Waals surface area contributed by atoms with Crippen molar-refractivity contribution in [3.05, 3.63) is 34.9 Å². The quantitative estimate of drug-likeness (QED) is 0.505. The summed E-state index contributed by atoms with van der Waals surface area (Å²) in [5, 5.41) is 0. The van der Waals surface area contributed by atoms with Crippen LogP contribution >= 0.6 is 0 Å². The summed E-state index contributed by atoms with van der Waals surface area (Å²) in [5.41, 5.74) is 1.49. The van der Waals surface area contributed by atoms with Crippen LogP contribution < -0.4 is 0 Å². The highest BCUT2D eigenvalue weighted by Gasteiger charge is 2.22. The third-order valence-electron chi connectivity index (χ3n) is 1.49. The van der Waals surface area contributed by atoms with Gasteiger partial charge in [0.2, 0.25) is 0 Å². The molecule has 1 aromatic rings. The van der Waals surface area contributed by atoms with Gasteiger partial charge in [0.05, 0.1) is 0 Å². The molecule has 0 unspecified atom stereocenters. The minimum absolute atomic E-state index is 0.398. The van der Waals surface area contributed by atoms with Crippen LogP contribution in [0.2, 0.25) is 0 Å². The SMILES string of the molecule is Fc1cc(F)c2c(c1)C2. The Morgan fingerprint density at radius 1 is 1.22 bits per heavy atom. The zero-order chi connectivity index (χ0) is 6.43. The minimum Gasteiger partial charge on any atom is -0.207 e. The van der Waals surface area contributed by atoms with E-state index in [1.54, 1.807) is 0 Å². The molecular formula is C7H4F2. The van der Waals surface area contributed by atoms with Gasteiger partial charge < -0.3 is 0 Å². The topological polar surface area (TPSA) is 0 Å². The van der Waals surface area contributed by atoms with Crippen molar-refractivity contribution in [1.29, 1.82) is 0 Å². The Kier molecular flexibility index (Phi) is 0.721. The number of fused-ring (bicyclic) bond motifs is 1. The Morgan fingerprint density at radius 2 is 2.00 bits per heavy atom. The van der Waals surface area contributed by atoms with E-state index in [0.29, 0.717) is 12.0 Å². The average Bonchev–Trinajstić information content (AvgIpc) is 2.43. The third-order valence-corrected chi connectivity index (χ3v) is 1.49. The molecule has 0 bridgehead atoms. The monoisotopic (exact) mass is 126 g/mol. The number of hydrogen-bond acceptors (Lipinski definition) is 0. The third kappa shape index (κ3) is 0.626. The Balaban J connectivity index is 2.67. The predicted molar refractivity (Wildman–Crippen MR) is 29.2 cm³/mol. The number of benzene rings is 1. The first-order valence-electron chi connectivity index (χ1n) is 2.74. The van der Waals surface area contributed by atoms with Crippen molar-refractivity contribution in [2.45, 2.75) is 6.42 Å². The van der Waals surface area contributed by atoms with Crippen LogP contribution in [0.4, 0.5) is 8.78 Å². The average molecular weight is 126 g/mol. The van der Waals surface area contributed by atoms with E-state index >= 15 is 0 Å². The van der Waals surface area contributed by atoms with Crippen LogP contribution in [-0.2, 0) is 6.42 Å². The Morgan fingerprint density at radius 3 is 2.67 bits per heavy atom. The van der Waals surface area contributed by atoms with E-state index in [-0.39, 0.29) is 0 Å². The maximum absolute atomic E-state index is 12.4. The molecule has 9 heavy (non-hydrogen) atoms. The first-order chi connectivity index (χ1) is 4.27. The van der Waals surface area contributed by atoms with Gasteiger partial charge in [-0.05, 0) is 17.2 Å². The second-order valence-corrected chi connectivity index (χ2v) is 2.20. The number of rotatable bonds is 0. The largest absolute Gasteiger partial charge is 0.207 e. The molecule has 0 aliphatic heterocycles. The van der Waals surface area contributed by atoms with E-state index in [9.17, 15) is 8.78 Å². The summed E-state index contributed by atoms with van der Waals surface area (Å²) in [4.78, 5) is 0. The molecule has 0 radical (unpaired) electrons. The van der Waals surface area contributed by atoms with Gasteiger partial charge in [-0.3, -0.25) is 0 Å². The second kappa shape index (κ2) is 1.32. The molecule has 0 saturated carbocycles. The van der Waals surface area contributed by atoms with E-state index in [2.05, 4.69) is 0 Å². The molecule has 0 N–H and O–H groups in total. The molecule has 0 atom stereocenters. The first-order valence-corrected chi connectivity index (χ1v) is 2.74. The summed E-state index contributed by atoms with van der Waals surface area (Å²) in [5.74, 6) is -0.867. The van der Waals surface area contributed by atoms with Gasteiger partial charge in [-0.2, -0.15) is 0 Å². The maximum atomic E-state index is 12.4. The first kappa shape index (κ1) is 4.91. The predicted octanol–water partition coefficient (Wildman–Crippen LogP) is 1.87. The summed E-state index contributed by atoms with van der Waals surface area (Å²) < 4.78 is 24.6. The Labute approximate surface area is 51.1 Å². The lowest BCUT2D eigenvalue weighted by Crippen LogP contribution is -1.74. The highest BCUT2D eigenvalue weighted by molar-refractivity contribution is 5.45. The van der Waals surface area contributed by atoms with Gasteiger partial charge in [-0.1, -0.05) is 0 Å². The van der Waals surface area contributed by atoms with E-state index in [1.807, 2.05) is 0 Å². The van der Waals surface area contributed by atoms with E-state index in [1.165, 1.54) is 6.07 Å². The lowest BCUT2D eigenvalue weighted by atomic mass is 10.3. The molecule has 0 fully saturated rings. The molecule has 0 spiro atoms. The summed E-state index contributed by atoms with van der Waals surface area (Å²) in [6.45, 7) is 0. The van der Waals surface area contributed by atoms with Crippen molar-refractivity contribution in [1.82, 2.24) is 0 Å².